The highest BCUT2D eigenvalue weighted by molar-refractivity contribution is 5.79. The van der Waals surface area contributed by atoms with Crippen LogP contribution in [-0.4, -0.2) is 39.1 Å². The Morgan fingerprint density at radius 2 is 2.06 bits per heavy atom. The van der Waals surface area contributed by atoms with Crippen molar-refractivity contribution in [3.63, 3.8) is 0 Å². The van der Waals surface area contributed by atoms with Crippen LogP contribution in [0.3, 0.4) is 0 Å². The van der Waals surface area contributed by atoms with Crippen LogP contribution >= 0.6 is 0 Å². The Kier molecular flexibility index (Phi) is 2.80. The first-order valence-electron chi connectivity index (χ1n) is 5.99. The molecule has 0 atom stereocenters. The minimum Gasteiger partial charge on any atom is -0.341 e. The van der Waals surface area contributed by atoms with Gasteiger partial charge < -0.3 is 4.90 Å². The molecular formula is C13H14N4O. The third-order valence-electron chi connectivity index (χ3n) is 3.31. The van der Waals surface area contributed by atoms with Gasteiger partial charge in [0.05, 0.1) is 6.42 Å². The van der Waals surface area contributed by atoms with Gasteiger partial charge in [-0.25, -0.2) is 0 Å². The van der Waals surface area contributed by atoms with E-state index in [1.165, 1.54) is 5.56 Å². The van der Waals surface area contributed by atoms with Crippen LogP contribution < -0.4 is 0 Å². The number of rotatable bonds is 3. The molecule has 1 fully saturated rings. The van der Waals surface area contributed by atoms with E-state index < -0.39 is 0 Å². The Morgan fingerprint density at radius 3 is 2.72 bits per heavy atom. The summed E-state index contributed by atoms with van der Waals surface area (Å²) < 4.78 is 0. The molecule has 3 rings (SSSR count). The number of pyridine rings is 1. The molecule has 0 bridgehead atoms. The molecule has 5 nitrogen and oxygen atoms in total. The molecule has 0 aromatic carbocycles. The van der Waals surface area contributed by atoms with Gasteiger partial charge in [-0.15, -0.1) is 0 Å². The van der Waals surface area contributed by atoms with E-state index >= 15 is 0 Å². The molecule has 5 heteroatoms. The Labute approximate surface area is 105 Å². The van der Waals surface area contributed by atoms with Crippen LogP contribution in [0.5, 0.6) is 0 Å². The molecule has 1 saturated heterocycles. The van der Waals surface area contributed by atoms with Crippen molar-refractivity contribution in [2.24, 2.45) is 0 Å². The van der Waals surface area contributed by atoms with E-state index in [2.05, 4.69) is 15.2 Å². The summed E-state index contributed by atoms with van der Waals surface area (Å²) in [5.41, 5.74) is 2.13. The molecule has 0 spiro atoms. The lowest BCUT2D eigenvalue weighted by Gasteiger charge is -2.39. The van der Waals surface area contributed by atoms with E-state index in [-0.39, 0.29) is 5.91 Å². The van der Waals surface area contributed by atoms with E-state index in [1.54, 1.807) is 18.6 Å². The minimum atomic E-state index is 0.157. The Morgan fingerprint density at radius 1 is 1.28 bits per heavy atom. The summed E-state index contributed by atoms with van der Waals surface area (Å²) in [5.74, 6) is 0.614. The average molecular weight is 242 g/mol. The second-order valence-electron chi connectivity index (χ2n) is 4.53. The Balaban J connectivity index is 1.54. The maximum atomic E-state index is 11.9. The lowest BCUT2D eigenvalue weighted by molar-refractivity contribution is -0.134. The number of likely N-dealkylation sites (tertiary alicyclic amines) is 1. The van der Waals surface area contributed by atoms with Gasteiger partial charge >= 0.3 is 0 Å². The fraction of sp³-hybridized carbons (Fsp3) is 0.308. The second-order valence-corrected chi connectivity index (χ2v) is 4.53. The summed E-state index contributed by atoms with van der Waals surface area (Å²) in [5, 5.41) is 6.65. The summed E-state index contributed by atoms with van der Waals surface area (Å²) >= 11 is 0. The van der Waals surface area contributed by atoms with Gasteiger partial charge in [-0.05, 0) is 23.8 Å². The van der Waals surface area contributed by atoms with Gasteiger partial charge in [-0.2, -0.15) is 5.10 Å². The molecule has 2 aromatic rings. The fourth-order valence-corrected chi connectivity index (χ4v) is 2.19. The van der Waals surface area contributed by atoms with E-state index in [1.807, 2.05) is 23.1 Å². The maximum Gasteiger partial charge on any atom is 0.228 e. The quantitative estimate of drug-likeness (QED) is 0.872. The Hall–Kier alpha value is -2.17. The third kappa shape index (κ3) is 2.11. The van der Waals surface area contributed by atoms with Crippen molar-refractivity contribution >= 4 is 5.91 Å². The third-order valence-corrected chi connectivity index (χ3v) is 3.31. The van der Waals surface area contributed by atoms with Crippen molar-refractivity contribution in [1.82, 2.24) is 20.1 Å². The monoisotopic (exact) mass is 242 g/mol. The first kappa shape index (κ1) is 11.0. The van der Waals surface area contributed by atoms with Crippen LogP contribution in [-0.2, 0) is 11.2 Å². The molecule has 1 aliphatic rings. The number of hydrogen-bond acceptors (Lipinski definition) is 3. The number of nitrogens with one attached hydrogen (secondary N) is 1. The molecule has 1 amide bonds. The highest BCUT2D eigenvalue weighted by Crippen LogP contribution is 2.26. The summed E-state index contributed by atoms with van der Waals surface area (Å²) in [6.45, 7) is 1.61. The average Bonchev–Trinajstić information content (AvgIpc) is 2.81. The topological polar surface area (TPSA) is 61.9 Å². The molecule has 2 aromatic heterocycles. The van der Waals surface area contributed by atoms with Gasteiger partial charge in [0.15, 0.2) is 0 Å². The number of hydrogen-bond donors (Lipinski definition) is 1. The number of aromatic amines is 1. The largest absolute Gasteiger partial charge is 0.341 e. The normalized spacial score (nSPS) is 15.4. The van der Waals surface area contributed by atoms with Crippen LogP contribution in [0.15, 0.2) is 36.8 Å². The smallest absolute Gasteiger partial charge is 0.228 e. The minimum absolute atomic E-state index is 0.157. The number of aromatic nitrogens is 3. The molecule has 18 heavy (non-hydrogen) atoms. The van der Waals surface area contributed by atoms with Crippen molar-refractivity contribution in [1.29, 1.82) is 0 Å². The van der Waals surface area contributed by atoms with Crippen LogP contribution in [0.25, 0.3) is 0 Å². The highest BCUT2D eigenvalue weighted by Gasteiger charge is 2.31. The molecule has 0 aliphatic carbocycles. The first-order valence-corrected chi connectivity index (χ1v) is 5.99. The van der Waals surface area contributed by atoms with Gasteiger partial charge in [0.1, 0.15) is 0 Å². The van der Waals surface area contributed by atoms with Crippen molar-refractivity contribution in [2.75, 3.05) is 13.1 Å². The molecule has 1 N–H and O–H groups in total. The Bertz CT molecular complexity index is 517. The fourth-order valence-electron chi connectivity index (χ4n) is 2.19. The molecule has 1 aliphatic heterocycles. The molecular weight excluding hydrogens is 228 g/mol. The SMILES string of the molecule is O=C(Cc1ccn[nH]1)N1CC(c2ccncc2)C1. The van der Waals surface area contributed by atoms with E-state index in [9.17, 15) is 4.79 Å². The number of carbonyl (C=O) groups is 1. The van der Waals surface area contributed by atoms with Gasteiger partial charge in [0.25, 0.3) is 0 Å². The zero-order chi connectivity index (χ0) is 12.4. The molecule has 0 unspecified atom stereocenters. The summed E-state index contributed by atoms with van der Waals surface area (Å²) in [6, 6.07) is 5.86. The molecule has 0 saturated carbocycles. The van der Waals surface area contributed by atoms with Gasteiger partial charge in [0, 0.05) is 43.3 Å². The number of carbonyl (C=O) groups excluding carboxylic acids is 1. The van der Waals surface area contributed by atoms with Crippen LogP contribution in [0.2, 0.25) is 0 Å². The van der Waals surface area contributed by atoms with Gasteiger partial charge in [-0.1, -0.05) is 0 Å². The lowest BCUT2D eigenvalue weighted by atomic mass is 9.92. The second kappa shape index (κ2) is 4.60. The first-order chi connectivity index (χ1) is 8.83. The number of nitrogens with zero attached hydrogens (tertiary/aromatic N) is 3. The zero-order valence-corrected chi connectivity index (χ0v) is 9.91. The number of amides is 1. The standard InChI is InChI=1S/C13H14N4O/c18-13(7-12-3-6-15-16-12)17-8-11(9-17)10-1-4-14-5-2-10/h1-6,11H,7-9H2,(H,15,16). The zero-order valence-electron chi connectivity index (χ0n) is 9.91. The lowest BCUT2D eigenvalue weighted by Crippen LogP contribution is -2.49. The molecule has 92 valence electrons. The summed E-state index contributed by atoms with van der Waals surface area (Å²) in [7, 11) is 0. The molecule has 0 radical (unpaired) electrons. The van der Waals surface area contributed by atoms with Crippen LogP contribution in [0.4, 0.5) is 0 Å². The van der Waals surface area contributed by atoms with Crippen LogP contribution in [0.1, 0.15) is 17.2 Å². The highest BCUT2D eigenvalue weighted by atomic mass is 16.2. The van der Waals surface area contributed by atoms with Crippen LogP contribution in [0, 0.1) is 0 Å². The van der Waals surface area contributed by atoms with E-state index in [0.29, 0.717) is 12.3 Å². The van der Waals surface area contributed by atoms with E-state index in [4.69, 9.17) is 0 Å². The van der Waals surface area contributed by atoms with Gasteiger partial charge in [-0.3, -0.25) is 14.9 Å². The number of H-pyrrole nitrogens is 1. The van der Waals surface area contributed by atoms with E-state index in [0.717, 1.165) is 18.8 Å². The van der Waals surface area contributed by atoms with Crippen molar-refractivity contribution in [2.45, 2.75) is 12.3 Å². The predicted molar refractivity (Wildman–Crippen MR) is 65.8 cm³/mol. The predicted octanol–water partition coefficient (Wildman–Crippen LogP) is 0.973. The van der Waals surface area contributed by atoms with Crippen molar-refractivity contribution in [3.05, 3.63) is 48.0 Å². The summed E-state index contributed by atoms with van der Waals surface area (Å²) in [4.78, 5) is 17.8. The summed E-state index contributed by atoms with van der Waals surface area (Å²) in [6.07, 6.45) is 5.66. The van der Waals surface area contributed by atoms with Crippen molar-refractivity contribution < 1.29 is 4.79 Å². The van der Waals surface area contributed by atoms with Crippen molar-refractivity contribution in [3.8, 4) is 0 Å². The maximum absolute atomic E-state index is 11.9. The molecule has 3 heterocycles. The van der Waals surface area contributed by atoms with Gasteiger partial charge in [0.2, 0.25) is 5.91 Å².